The Bertz CT molecular complexity index is 1240. The van der Waals surface area contributed by atoms with Crippen LogP contribution in [0.4, 0.5) is 20.2 Å². The molecule has 162 valence electrons. The molecular formula is C21H20F2N4O3S. The van der Waals surface area contributed by atoms with Crippen LogP contribution < -0.4 is 15.4 Å². The molecule has 0 saturated carbocycles. The fourth-order valence-corrected chi connectivity index (χ4v) is 4.31. The van der Waals surface area contributed by atoms with Gasteiger partial charge in [0.25, 0.3) is 0 Å². The third kappa shape index (κ3) is 4.35. The van der Waals surface area contributed by atoms with Gasteiger partial charge >= 0.3 is 0 Å². The van der Waals surface area contributed by atoms with Crippen LogP contribution in [0.1, 0.15) is 12.8 Å². The van der Waals surface area contributed by atoms with Crippen LogP contribution in [0.2, 0.25) is 0 Å². The molecule has 2 heterocycles. The largest absolute Gasteiger partial charge is 0.371 e. The molecule has 1 aliphatic rings. The quantitative estimate of drug-likeness (QED) is 0.641. The number of nitrogens with zero attached hydrogens (tertiary/aromatic N) is 2. The van der Waals surface area contributed by atoms with Crippen LogP contribution in [0.3, 0.4) is 0 Å². The molecule has 10 heteroatoms. The molecular weight excluding hydrogens is 426 g/mol. The van der Waals surface area contributed by atoms with Crippen LogP contribution in [0.15, 0.2) is 53.6 Å². The summed E-state index contributed by atoms with van der Waals surface area (Å²) < 4.78 is 51.1. The number of primary sulfonamides is 1. The molecule has 0 spiro atoms. The van der Waals surface area contributed by atoms with Crippen molar-refractivity contribution in [1.29, 1.82) is 0 Å². The molecule has 1 fully saturated rings. The molecule has 0 aliphatic carbocycles. The molecule has 0 radical (unpaired) electrons. The monoisotopic (exact) mass is 446 g/mol. The highest BCUT2D eigenvalue weighted by Gasteiger charge is 2.27. The van der Waals surface area contributed by atoms with Gasteiger partial charge in [-0.3, -0.25) is 9.78 Å². The average Bonchev–Trinajstić information content (AvgIpc) is 2.76. The first-order chi connectivity index (χ1) is 14.7. The molecule has 1 aliphatic heterocycles. The van der Waals surface area contributed by atoms with Gasteiger partial charge < -0.3 is 10.2 Å². The van der Waals surface area contributed by atoms with Gasteiger partial charge in [0.2, 0.25) is 15.9 Å². The zero-order chi connectivity index (χ0) is 22.2. The lowest BCUT2D eigenvalue weighted by Gasteiger charge is -2.33. The van der Waals surface area contributed by atoms with Crippen molar-refractivity contribution in [2.45, 2.75) is 17.7 Å². The molecule has 31 heavy (non-hydrogen) atoms. The predicted molar refractivity (Wildman–Crippen MR) is 113 cm³/mol. The van der Waals surface area contributed by atoms with E-state index in [1.807, 2.05) is 4.90 Å². The number of nitrogens with two attached hydrogens (primary N) is 1. The van der Waals surface area contributed by atoms with Crippen molar-refractivity contribution in [2.75, 3.05) is 23.3 Å². The number of benzene rings is 2. The first kappa shape index (κ1) is 21.1. The summed E-state index contributed by atoms with van der Waals surface area (Å²) in [6, 6.07) is 9.41. The number of carbonyl (C=O) groups excluding carboxylic acids is 1. The van der Waals surface area contributed by atoms with Gasteiger partial charge in [-0.15, -0.1) is 0 Å². The van der Waals surface area contributed by atoms with Crippen molar-refractivity contribution < 1.29 is 22.0 Å². The van der Waals surface area contributed by atoms with E-state index in [0.717, 1.165) is 12.1 Å². The van der Waals surface area contributed by atoms with E-state index in [4.69, 9.17) is 5.14 Å². The number of aromatic nitrogens is 1. The van der Waals surface area contributed by atoms with Crippen LogP contribution in [-0.2, 0) is 14.8 Å². The number of piperidine rings is 1. The van der Waals surface area contributed by atoms with Crippen molar-refractivity contribution in [2.24, 2.45) is 11.1 Å². The zero-order valence-corrected chi connectivity index (χ0v) is 17.2. The minimum atomic E-state index is -3.80. The predicted octanol–water partition coefficient (Wildman–Crippen LogP) is 3.02. The number of anilines is 2. The van der Waals surface area contributed by atoms with Crippen LogP contribution in [0, 0.1) is 17.6 Å². The summed E-state index contributed by atoms with van der Waals surface area (Å²) >= 11 is 0. The standard InChI is InChI=1S/C21H20F2N4O3S/c22-16-5-6-17(23)20-19(16)18(7-10-25-20)27-11-8-13(9-12-27)21(28)26-14-1-3-15(4-2-14)31(24,29)30/h1-7,10,13H,8-9,11-12H2,(H,26,28)(H2,24,29,30). The molecule has 3 aromatic rings. The molecule has 2 aromatic carbocycles. The molecule has 1 amide bonds. The first-order valence-electron chi connectivity index (χ1n) is 9.65. The fourth-order valence-electron chi connectivity index (χ4n) is 3.80. The summed E-state index contributed by atoms with van der Waals surface area (Å²) in [4.78, 5) is 18.5. The maximum absolute atomic E-state index is 14.4. The molecule has 1 saturated heterocycles. The second-order valence-corrected chi connectivity index (χ2v) is 8.96. The normalized spacial score (nSPS) is 15.3. The van der Waals surface area contributed by atoms with E-state index in [2.05, 4.69) is 10.3 Å². The van der Waals surface area contributed by atoms with E-state index >= 15 is 0 Å². The van der Waals surface area contributed by atoms with E-state index in [1.165, 1.54) is 30.5 Å². The fraction of sp³-hybridized carbons (Fsp3) is 0.238. The Morgan fingerprint density at radius 3 is 2.32 bits per heavy atom. The lowest BCUT2D eigenvalue weighted by atomic mass is 9.95. The van der Waals surface area contributed by atoms with E-state index in [0.29, 0.717) is 37.3 Å². The van der Waals surface area contributed by atoms with Gasteiger partial charge in [0.05, 0.1) is 16.0 Å². The third-order valence-corrected chi connectivity index (χ3v) is 6.36. The highest BCUT2D eigenvalue weighted by molar-refractivity contribution is 7.89. The van der Waals surface area contributed by atoms with Crippen molar-refractivity contribution in [3.63, 3.8) is 0 Å². The van der Waals surface area contributed by atoms with Crippen LogP contribution in [0.5, 0.6) is 0 Å². The summed E-state index contributed by atoms with van der Waals surface area (Å²) in [5, 5.41) is 7.99. The van der Waals surface area contributed by atoms with Crippen LogP contribution in [0.25, 0.3) is 10.9 Å². The molecule has 0 atom stereocenters. The van der Waals surface area contributed by atoms with Crippen molar-refractivity contribution in [3.8, 4) is 0 Å². The van der Waals surface area contributed by atoms with E-state index in [1.54, 1.807) is 6.07 Å². The van der Waals surface area contributed by atoms with Gasteiger partial charge in [0, 0.05) is 30.9 Å². The molecule has 1 aromatic heterocycles. The molecule has 0 unspecified atom stereocenters. The Hall–Kier alpha value is -3.11. The second kappa shape index (κ2) is 8.20. The highest BCUT2D eigenvalue weighted by Crippen LogP contribution is 2.32. The third-order valence-electron chi connectivity index (χ3n) is 5.43. The number of hydrogen-bond acceptors (Lipinski definition) is 5. The Balaban J connectivity index is 1.44. The van der Waals surface area contributed by atoms with E-state index in [9.17, 15) is 22.0 Å². The summed E-state index contributed by atoms with van der Waals surface area (Å²) in [7, 11) is -3.80. The Kier molecular flexibility index (Phi) is 5.59. The minimum Gasteiger partial charge on any atom is -0.371 e. The summed E-state index contributed by atoms with van der Waals surface area (Å²) in [5.41, 5.74) is 1.01. The van der Waals surface area contributed by atoms with Gasteiger partial charge in [0.15, 0.2) is 0 Å². The summed E-state index contributed by atoms with van der Waals surface area (Å²) in [6.45, 7) is 0.995. The van der Waals surface area contributed by atoms with Gasteiger partial charge in [-0.05, 0) is 55.3 Å². The minimum absolute atomic E-state index is 0.0136. The number of rotatable bonds is 4. The molecule has 4 rings (SSSR count). The van der Waals surface area contributed by atoms with Gasteiger partial charge in [-0.1, -0.05) is 0 Å². The zero-order valence-electron chi connectivity index (χ0n) is 16.4. The van der Waals surface area contributed by atoms with Crippen LogP contribution in [-0.4, -0.2) is 32.4 Å². The van der Waals surface area contributed by atoms with Crippen molar-refractivity contribution in [1.82, 2.24) is 4.98 Å². The number of hydrogen-bond donors (Lipinski definition) is 2. The number of fused-ring (bicyclic) bond motifs is 1. The van der Waals surface area contributed by atoms with E-state index < -0.39 is 21.7 Å². The van der Waals surface area contributed by atoms with Gasteiger partial charge in [-0.2, -0.15) is 0 Å². The number of nitrogens with one attached hydrogen (secondary N) is 1. The van der Waals surface area contributed by atoms with Crippen molar-refractivity contribution in [3.05, 3.63) is 60.3 Å². The number of halogens is 2. The SMILES string of the molecule is NS(=O)(=O)c1ccc(NC(=O)C2CCN(c3ccnc4c(F)ccc(F)c34)CC2)cc1. The highest BCUT2D eigenvalue weighted by atomic mass is 32.2. The van der Waals surface area contributed by atoms with Crippen molar-refractivity contribution >= 4 is 38.2 Å². The number of pyridine rings is 1. The number of carbonyl (C=O) groups is 1. The lowest BCUT2D eigenvalue weighted by Crippen LogP contribution is -2.38. The lowest BCUT2D eigenvalue weighted by molar-refractivity contribution is -0.120. The maximum atomic E-state index is 14.4. The first-order valence-corrected chi connectivity index (χ1v) is 11.2. The van der Waals surface area contributed by atoms with Crippen LogP contribution >= 0.6 is 0 Å². The number of sulfonamides is 1. The molecule has 7 nitrogen and oxygen atoms in total. The molecule has 3 N–H and O–H groups in total. The smallest absolute Gasteiger partial charge is 0.238 e. The average molecular weight is 446 g/mol. The van der Waals surface area contributed by atoms with E-state index in [-0.39, 0.29) is 27.6 Å². The molecule has 0 bridgehead atoms. The second-order valence-electron chi connectivity index (χ2n) is 7.40. The summed E-state index contributed by atoms with van der Waals surface area (Å²) in [6.07, 6.45) is 2.51. The van der Waals surface area contributed by atoms with Gasteiger partial charge in [0.1, 0.15) is 17.2 Å². The maximum Gasteiger partial charge on any atom is 0.238 e. The Morgan fingerprint density at radius 2 is 1.68 bits per heavy atom. The Labute approximate surface area is 177 Å². The summed E-state index contributed by atoms with van der Waals surface area (Å²) in [5.74, 6) is -1.56. The topological polar surface area (TPSA) is 105 Å². The van der Waals surface area contributed by atoms with Gasteiger partial charge in [-0.25, -0.2) is 22.3 Å². The number of amides is 1. The Morgan fingerprint density at radius 1 is 1.03 bits per heavy atom.